The second-order valence-corrected chi connectivity index (χ2v) is 6.19. The number of nitrogens with one attached hydrogen (secondary N) is 1. The standard InChI is InChI=1S/C17H22N2O4/c1-17(2,3)23-16(21)19-11-12(9-10-18-15(20)22-4)13-7-5-6-8-14(13)19/h5-8,11H,9-10H2,1-4H3,(H,18,20). The SMILES string of the molecule is COC(=O)NCCc1cn(C(=O)OC(C)(C)C)c2ccccc12. The van der Waals surface area contributed by atoms with Gasteiger partial charge in [-0.3, -0.25) is 4.57 Å². The second kappa shape index (κ2) is 6.73. The Bertz CT molecular complexity index is 713. The van der Waals surface area contributed by atoms with Gasteiger partial charge < -0.3 is 14.8 Å². The summed E-state index contributed by atoms with van der Waals surface area (Å²) in [6.45, 7) is 5.92. The summed E-state index contributed by atoms with van der Waals surface area (Å²) < 4.78 is 11.5. The van der Waals surface area contributed by atoms with E-state index in [1.165, 1.54) is 11.7 Å². The van der Waals surface area contributed by atoms with Crippen molar-refractivity contribution in [1.29, 1.82) is 0 Å². The molecule has 0 aliphatic rings. The molecule has 6 nitrogen and oxygen atoms in total. The Kier molecular flexibility index (Phi) is 4.93. The monoisotopic (exact) mass is 318 g/mol. The predicted octanol–water partition coefficient (Wildman–Crippen LogP) is 3.32. The van der Waals surface area contributed by atoms with Crippen LogP contribution < -0.4 is 5.32 Å². The number of nitrogens with zero attached hydrogens (tertiary/aromatic N) is 1. The van der Waals surface area contributed by atoms with Crippen molar-refractivity contribution in [3.63, 3.8) is 0 Å². The molecular formula is C17H22N2O4. The average Bonchev–Trinajstić information content (AvgIpc) is 2.85. The molecule has 1 aromatic carbocycles. The minimum Gasteiger partial charge on any atom is -0.453 e. The minimum atomic E-state index is -0.560. The maximum atomic E-state index is 12.4. The van der Waals surface area contributed by atoms with E-state index in [9.17, 15) is 9.59 Å². The van der Waals surface area contributed by atoms with Gasteiger partial charge in [0.05, 0.1) is 12.6 Å². The zero-order valence-corrected chi connectivity index (χ0v) is 13.9. The first kappa shape index (κ1) is 16.9. The molecule has 2 rings (SSSR count). The highest BCUT2D eigenvalue weighted by molar-refractivity contribution is 5.92. The van der Waals surface area contributed by atoms with Crippen molar-refractivity contribution in [3.05, 3.63) is 36.0 Å². The highest BCUT2D eigenvalue weighted by Crippen LogP contribution is 2.23. The molecule has 1 heterocycles. The molecule has 0 saturated heterocycles. The van der Waals surface area contributed by atoms with E-state index < -0.39 is 17.8 Å². The van der Waals surface area contributed by atoms with E-state index in [4.69, 9.17) is 4.74 Å². The fourth-order valence-corrected chi connectivity index (χ4v) is 2.28. The summed E-state index contributed by atoms with van der Waals surface area (Å²) in [4.78, 5) is 23.5. The fourth-order valence-electron chi connectivity index (χ4n) is 2.28. The van der Waals surface area contributed by atoms with E-state index in [0.29, 0.717) is 13.0 Å². The summed E-state index contributed by atoms with van der Waals surface area (Å²) in [5.74, 6) is 0. The van der Waals surface area contributed by atoms with Crippen molar-refractivity contribution in [2.24, 2.45) is 0 Å². The molecule has 0 atom stereocenters. The van der Waals surface area contributed by atoms with Crippen LogP contribution in [0.3, 0.4) is 0 Å². The van der Waals surface area contributed by atoms with Gasteiger partial charge in [-0.05, 0) is 38.8 Å². The zero-order chi connectivity index (χ0) is 17.0. The first-order chi connectivity index (χ1) is 10.8. The van der Waals surface area contributed by atoms with Gasteiger partial charge in [0.25, 0.3) is 0 Å². The Morgan fingerprint density at radius 1 is 1.22 bits per heavy atom. The lowest BCUT2D eigenvalue weighted by Gasteiger charge is -2.19. The molecule has 1 amide bonds. The molecule has 0 unspecified atom stereocenters. The van der Waals surface area contributed by atoms with Gasteiger partial charge in [0.1, 0.15) is 5.60 Å². The van der Waals surface area contributed by atoms with Crippen molar-refractivity contribution in [3.8, 4) is 0 Å². The van der Waals surface area contributed by atoms with E-state index in [2.05, 4.69) is 10.1 Å². The lowest BCUT2D eigenvalue weighted by Crippen LogP contribution is -2.27. The molecule has 23 heavy (non-hydrogen) atoms. The number of carbonyl (C=O) groups excluding carboxylic acids is 2. The summed E-state index contributed by atoms with van der Waals surface area (Å²) in [7, 11) is 1.32. The number of alkyl carbamates (subject to hydrolysis) is 1. The number of carbonyl (C=O) groups is 2. The van der Waals surface area contributed by atoms with Gasteiger partial charge in [-0.25, -0.2) is 9.59 Å². The smallest absolute Gasteiger partial charge is 0.419 e. The molecule has 1 aromatic heterocycles. The molecule has 1 N–H and O–H groups in total. The lowest BCUT2D eigenvalue weighted by molar-refractivity contribution is 0.0544. The van der Waals surface area contributed by atoms with Crippen molar-refractivity contribution in [2.75, 3.05) is 13.7 Å². The largest absolute Gasteiger partial charge is 0.453 e. The first-order valence-electron chi connectivity index (χ1n) is 7.46. The maximum absolute atomic E-state index is 12.4. The molecule has 0 spiro atoms. The number of amides is 1. The van der Waals surface area contributed by atoms with Crippen molar-refractivity contribution < 1.29 is 19.1 Å². The first-order valence-corrected chi connectivity index (χ1v) is 7.46. The normalized spacial score (nSPS) is 11.3. The number of ether oxygens (including phenoxy) is 2. The topological polar surface area (TPSA) is 69.6 Å². The summed E-state index contributed by atoms with van der Waals surface area (Å²) >= 11 is 0. The predicted molar refractivity (Wildman–Crippen MR) is 87.7 cm³/mol. The number of hydrogen-bond acceptors (Lipinski definition) is 4. The molecule has 6 heteroatoms. The third-order valence-corrected chi connectivity index (χ3v) is 3.23. The van der Waals surface area contributed by atoms with Crippen molar-refractivity contribution >= 4 is 23.1 Å². The lowest BCUT2D eigenvalue weighted by atomic mass is 10.1. The Hall–Kier alpha value is -2.50. The van der Waals surface area contributed by atoms with Crippen LogP contribution in [0.15, 0.2) is 30.5 Å². The molecule has 0 aliphatic carbocycles. The minimum absolute atomic E-state index is 0.416. The number of hydrogen-bond donors (Lipinski definition) is 1. The van der Waals surface area contributed by atoms with E-state index in [1.54, 1.807) is 6.20 Å². The van der Waals surface area contributed by atoms with Crippen LogP contribution in [0.2, 0.25) is 0 Å². The number of rotatable bonds is 3. The van der Waals surface area contributed by atoms with E-state index >= 15 is 0 Å². The second-order valence-electron chi connectivity index (χ2n) is 6.19. The summed E-state index contributed by atoms with van der Waals surface area (Å²) in [6, 6.07) is 7.61. The average molecular weight is 318 g/mol. The summed E-state index contributed by atoms with van der Waals surface area (Å²) in [6.07, 6.45) is 1.46. The summed E-state index contributed by atoms with van der Waals surface area (Å²) in [5, 5.41) is 3.60. The van der Waals surface area contributed by atoms with Crippen molar-refractivity contribution in [1.82, 2.24) is 9.88 Å². The van der Waals surface area contributed by atoms with E-state index in [-0.39, 0.29) is 0 Å². The number of para-hydroxylation sites is 1. The molecule has 124 valence electrons. The highest BCUT2D eigenvalue weighted by Gasteiger charge is 2.20. The van der Waals surface area contributed by atoms with Crippen LogP contribution in [0.25, 0.3) is 10.9 Å². The van der Waals surface area contributed by atoms with Crippen LogP contribution in [0.1, 0.15) is 26.3 Å². The van der Waals surface area contributed by atoms with Gasteiger partial charge in [-0.2, -0.15) is 0 Å². The van der Waals surface area contributed by atoms with Crippen LogP contribution in [0, 0.1) is 0 Å². The third kappa shape index (κ3) is 4.25. The molecular weight excluding hydrogens is 296 g/mol. The Morgan fingerprint density at radius 2 is 1.91 bits per heavy atom. The molecule has 0 fully saturated rings. The molecule has 0 saturated carbocycles. The van der Waals surface area contributed by atoms with Gasteiger partial charge in [-0.15, -0.1) is 0 Å². The zero-order valence-electron chi connectivity index (χ0n) is 13.9. The van der Waals surface area contributed by atoms with Gasteiger partial charge in [-0.1, -0.05) is 18.2 Å². The third-order valence-electron chi connectivity index (χ3n) is 3.23. The van der Waals surface area contributed by atoms with Gasteiger partial charge in [0, 0.05) is 18.1 Å². The Labute approximate surface area is 135 Å². The quantitative estimate of drug-likeness (QED) is 0.942. The van der Waals surface area contributed by atoms with Crippen LogP contribution in [-0.4, -0.2) is 36.0 Å². The van der Waals surface area contributed by atoms with E-state index in [0.717, 1.165) is 16.5 Å². The van der Waals surface area contributed by atoms with Gasteiger partial charge in [0.2, 0.25) is 0 Å². The summed E-state index contributed by atoms with van der Waals surface area (Å²) in [5.41, 5.74) is 1.19. The number of benzene rings is 1. The Balaban J connectivity index is 2.25. The Morgan fingerprint density at radius 3 is 2.57 bits per heavy atom. The van der Waals surface area contributed by atoms with Crippen LogP contribution in [-0.2, 0) is 15.9 Å². The molecule has 0 radical (unpaired) electrons. The van der Waals surface area contributed by atoms with Crippen molar-refractivity contribution in [2.45, 2.75) is 32.8 Å². The number of fused-ring (bicyclic) bond motifs is 1. The molecule has 0 aliphatic heterocycles. The highest BCUT2D eigenvalue weighted by atomic mass is 16.6. The van der Waals surface area contributed by atoms with E-state index in [1.807, 2.05) is 45.0 Å². The van der Waals surface area contributed by atoms with Crippen LogP contribution in [0.4, 0.5) is 9.59 Å². The van der Waals surface area contributed by atoms with Gasteiger partial charge >= 0.3 is 12.2 Å². The number of aromatic nitrogens is 1. The van der Waals surface area contributed by atoms with Crippen LogP contribution in [0.5, 0.6) is 0 Å². The fraction of sp³-hybridized carbons (Fsp3) is 0.412. The molecule has 0 bridgehead atoms. The number of methoxy groups -OCH3 is 1. The van der Waals surface area contributed by atoms with Crippen LogP contribution >= 0.6 is 0 Å². The molecule has 2 aromatic rings. The maximum Gasteiger partial charge on any atom is 0.419 e. The van der Waals surface area contributed by atoms with Gasteiger partial charge in [0.15, 0.2) is 0 Å².